The Kier molecular flexibility index (Phi) is 6.55. The number of nitrogens with zero attached hydrogens (tertiary/aromatic N) is 3. The Labute approximate surface area is 212 Å². The van der Waals surface area contributed by atoms with E-state index in [4.69, 9.17) is 0 Å². The van der Waals surface area contributed by atoms with Crippen LogP contribution in [0.1, 0.15) is 56.4 Å². The van der Waals surface area contributed by atoms with Crippen molar-refractivity contribution in [3.8, 4) is 11.1 Å². The number of hydrogen-bond acceptors (Lipinski definition) is 5. The van der Waals surface area contributed by atoms with E-state index >= 15 is 0 Å². The van der Waals surface area contributed by atoms with E-state index in [9.17, 15) is 4.79 Å². The molecule has 2 N–H and O–H groups in total. The monoisotopic (exact) mass is 487 g/mol. The van der Waals surface area contributed by atoms with Crippen molar-refractivity contribution in [2.24, 2.45) is 5.92 Å². The Hall–Kier alpha value is -2.90. The fraction of sp³-hybridized carbons (Fsp3) is 0.393. The van der Waals surface area contributed by atoms with Crippen molar-refractivity contribution in [2.75, 3.05) is 18.5 Å². The van der Waals surface area contributed by atoms with Crippen LogP contribution >= 0.6 is 11.9 Å². The number of anilines is 1. The molecule has 1 unspecified atom stereocenters. The summed E-state index contributed by atoms with van der Waals surface area (Å²) in [6, 6.07) is 14.7. The fourth-order valence-electron chi connectivity index (χ4n) is 5.23. The third-order valence-corrected chi connectivity index (χ3v) is 8.01. The summed E-state index contributed by atoms with van der Waals surface area (Å²) in [7, 11) is 1.90. The molecule has 7 heteroatoms. The van der Waals surface area contributed by atoms with E-state index < -0.39 is 0 Å². The van der Waals surface area contributed by atoms with Gasteiger partial charge in [0.05, 0.1) is 5.69 Å². The molecule has 2 amide bonds. The minimum absolute atomic E-state index is 0.0389. The summed E-state index contributed by atoms with van der Waals surface area (Å²) in [5.41, 5.74) is 6.59. The Balaban J connectivity index is 1.40. The molecule has 2 aliphatic rings. The molecule has 1 fully saturated rings. The highest BCUT2D eigenvalue weighted by atomic mass is 32.2. The second-order valence-electron chi connectivity index (χ2n) is 10.1. The second-order valence-corrected chi connectivity index (χ2v) is 11.2. The quantitative estimate of drug-likeness (QED) is 0.407. The third-order valence-electron chi connectivity index (χ3n) is 7.30. The first-order valence-electron chi connectivity index (χ1n) is 12.3. The van der Waals surface area contributed by atoms with Crippen molar-refractivity contribution >= 4 is 23.7 Å². The highest BCUT2D eigenvalue weighted by Gasteiger charge is 2.50. The topological polar surface area (TPSA) is 70.2 Å². The highest BCUT2D eigenvalue weighted by Crippen LogP contribution is 2.54. The molecule has 3 aromatic rings. The first-order chi connectivity index (χ1) is 16.9. The summed E-state index contributed by atoms with van der Waals surface area (Å²) < 4.78 is 3.08. The van der Waals surface area contributed by atoms with Crippen molar-refractivity contribution < 1.29 is 4.79 Å². The molecule has 1 atom stereocenters. The van der Waals surface area contributed by atoms with Gasteiger partial charge < -0.3 is 5.32 Å². The number of nitrogens with one attached hydrogen (secondary N) is 2. The molecule has 1 aliphatic heterocycles. The minimum Gasteiger partial charge on any atom is -0.334 e. The van der Waals surface area contributed by atoms with Crippen LogP contribution in [0.15, 0.2) is 59.9 Å². The van der Waals surface area contributed by atoms with Gasteiger partial charge in [-0.05, 0) is 84.6 Å². The summed E-state index contributed by atoms with van der Waals surface area (Å²) in [5.74, 6) is 0.923. The molecule has 0 radical (unpaired) electrons. The normalized spacial score (nSPS) is 19.2. The summed E-state index contributed by atoms with van der Waals surface area (Å²) in [6.07, 6.45) is 5.98. The van der Waals surface area contributed by atoms with Crippen molar-refractivity contribution in [1.29, 1.82) is 0 Å². The molecule has 1 aromatic heterocycles. The molecular formula is C28H33N5OS. The number of urea groups is 1. The average Bonchev–Trinajstić information content (AvgIpc) is 3.69. The Bertz CT molecular complexity index is 1220. The van der Waals surface area contributed by atoms with Crippen LogP contribution in [0, 0.1) is 5.92 Å². The Morgan fingerprint density at radius 1 is 1.20 bits per heavy atom. The van der Waals surface area contributed by atoms with Crippen molar-refractivity contribution in [3.05, 3.63) is 71.8 Å². The highest BCUT2D eigenvalue weighted by molar-refractivity contribution is 7.97. The van der Waals surface area contributed by atoms with Gasteiger partial charge in [0.25, 0.3) is 0 Å². The number of rotatable bonds is 7. The first kappa shape index (κ1) is 23.8. The predicted octanol–water partition coefficient (Wildman–Crippen LogP) is 5.89. The molecule has 2 heterocycles. The zero-order valence-electron chi connectivity index (χ0n) is 20.8. The number of carbonyl (C=O) groups is 1. The van der Waals surface area contributed by atoms with E-state index in [0.29, 0.717) is 24.9 Å². The maximum Gasteiger partial charge on any atom is 0.322 e. The predicted molar refractivity (Wildman–Crippen MR) is 143 cm³/mol. The smallest absolute Gasteiger partial charge is 0.322 e. The van der Waals surface area contributed by atoms with E-state index in [2.05, 4.69) is 83.2 Å². The van der Waals surface area contributed by atoms with E-state index in [0.717, 1.165) is 33.0 Å². The van der Waals surface area contributed by atoms with E-state index in [-0.39, 0.29) is 11.4 Å². The number of amides is 2. The lowest BCUT2D eigenvalue weighted by Gasteiger charge is -2.26. The van der Waals surface area contributed by atoms with Crippen LogP contribution in [-0.2, 0) is 12.0 Å². The van der Waals surface area contributed by atoms with Crippen LogP contribution < -0.4 is 14.9 Å². The molecule has 0 bridgehead atoms. The zero-order chi connectivity index (χ0) is 24.6. The molecule has 35 heavy (non-hydrogen) atoms. The standard InChI is InChI=1S/C28H33N5OS/c1-18(2)26-23(15-30-17-32-26)20-7-12-25-24(13-20)28(3,21-8-9-21)16-33(25)27(34)31-14-19-5-10-22(11-6-19)35-29-4/h5-7,10-13,15,17-18,21,29H,8-9,14,16H2,1-4H3,(H,31,34). The van der Waals surface area contributed by atoms with Crippen molar-refractivity contribution in [3.63, 3.8) is 0 Å². The van der Waals surface area contributed by atoms with Gasteiger partial charge in [-0.1, -0.05) is 39.0 Å². The lowest BCUT2D eigenvalue weighted by atomic mass is 9.79. The molecule has 1 saturated carbocycles. The molecule has 2 aromatic carbocycles. The number of fused-ring (bicyclic) bond motifs is 1. The molecular weight excluding hydrogens is 454 g/mol. The molecule has 6 nitrogen and oxygen atoms in total. The van der Waals surface area contributed by atoms with Crippen molar-refractivity contribution in [2.45, 2.75) is 56.4 Å². The van der Waals surface area contributed by atoms with Gasteiger partial charge in [0.15, 0.2) is 0 Å². The maximum atomic E-state index is 13.4. The van der Waals surface area contributed by atoms with E-state index in [1.807, 2.05) is 18.1 Å². The summed E-state index contributed by atoms with van der Waals surface area (Å²) in [5, 5.41) is 3.15. The molecule has 5 rings (SSSR count). The molecule has 182 valence electrons. The fourth-order valence-corrected chi connectivity index (χ4v) is 5.74. The number of carbonyl (C=O) groups excluding carboxylic acids is 1. The van der Waals surface area contributed by atoms with Gasteiger partial charge >= 0.3 is 6.03 Å². The van der Waals surface area contributed by atoms with Gasteiger partial charge in [-0.25, -0.2) is 14.8 Å². The van der Waals surface area contributed by atoms with Crippen LogP contribution in [0.4, 0.5) is 10.5 Å². The van der Waals surface area contributed by atoms with Gasteiger partial charge in [0.1, 0.15) is 6.33 Å². The van der Waals surface area contributed by atoms with E-state index in [1.165, 1.54) is 18.4 Å². The third kappa shape index (κ3) is 4.67. The minimum atomic E-state index is -0.0393. The van der Waals surface area contributed by atoms with E-state index in [1.54, 1.807) is 18.3 Å². The maximum absolute atomic E-state index is 13.4. The summed E-state index contributed by atoms with van der Waals surface area (Å²) in [6.45, 7) is 7.86. The van der Waals surface area contributed by atoms with Gasteiger partial charge in [0, 0.05) is 40.8 Å². The molecule has 0 saturated heterocycles. The van der Waals surface area contributed by atoms with Crippen LogP contribution in [0.25, 0.3) is 11.1 Å². The SMILES string of the molecule is CNSc1ccc(CNC(=O)N2CC(C)(C3CC3)c3cc(-c4cncnc4C(C)C)ccc32)cc1. The lowest BCUT2D eigenvalue weighted by molar-refractivity contribution is 0.244. The Morgan fingerprint density at radius 2 is 1.97 bits per heavy atom. The van der Waals surface area contributed by atoms with Crippen LogP contribution in [-0.4, -0.2) is 29.6 Å². The van der Waals surface area contributed by atoms with Gasteiger partial charge in [-0.15, -0.1) is 0 Å². The van der Waals surface area contributed by atoms with Crippen LogP contribution in [0.5, 0.6) is 0 Å². The molecule has 1 aliphatic carbocycles. The second kappa shape index (κ2) is 9.63. The first-order valence-corrected chi connectivity index (χ1v) is 13.1. The average molecular weight is 488 g/mol. The zero-order valence-corrected chi connectivity index (χ0v) is 21.7. The summed E-state index contributed by atoms with van der Waals surface area (Å²) in [4.78, 5) is 25.3. The lowest BCUT2D eigenvalue weighted by Crippen LogP contribution is -2.42. The molecule has 0 spiro atoms. The number of hydrogen-bond donors (Lipinski definition) is 2. The van der Waals surface area contributed by atoms with Crippen molar-refractivity contribution in [1.82, 2.24) is 20.0 Å². The largest absolute Gasteiger partial charge is 0.334 e. The summed E-state index contributed by atoms with van der Waals surface area (Å²) >= 11 is 1.58. The van der Waals surface area contributed by atoms with Crippen LogP contribution in [0.3, 0.4) is 0 Å². The van der Waals surface area contributed by atoms with Gasteiger partial charge in [-0.3, -0.25) is 9.62 Å². The van der Waals surface area contributed by atoms with Gasteiger partial charge in [-0.2, -0.15) is 0 Å². The Morgan fingerprint density at radius 3 is 2.66 bits per heavy atom. The van der Waals surface area contributed by atoms with Gasteiger partial charge in [0.2, 0.25) is 0 Å². The van der Waals surface area contributed by atoms with Crippen LogP contribution in [0.2, 0.25) is 0 Å². The number of benzene rings is 2. The number of aromatic nitrogens is 2.